The number of amides is 2. The lowest BCUT2D eigenvalue weighted by molar-refractivity contribution is 0.0746. The van der Waals surface area contributed by atoms with E-state index in [1.807, 2.05) is 29.2 Å². The Balaban J connectivity index is 1.27. The fourth-order valence-electron chi connectivity index (χ4n) is 3.94. The van der Waals surface area contributed by atoms with Gasteiger partial charge in [0.2, 0.25) is 0 Å². The molecule has 186 valence electrons. The molecule has 1 fully saturated rings. The van der Waals surface area contributed by atoms with E-state index in [9.17, 15) is 9.59 Å². The molecule has 0 unspecified atom stereocenters. The molecule has 0 spiro atoms. The number of nitrogens with one attached hydrogen (secondary N) is 2. The standard InChI is InChI=1S/C27H28N4O4S/c1-34-23-12-6-19(7-13-23)26(33)31-16-14-30(15-17-31)22-10-8-21(9-11-22)28-27(36)29-25(32)20-4-3-5-24(18-20)35-2/h3-13,18H,14-17H2,1-2H3,(H2,28,29,32,36). The maximum absolute atomic E-state index is 12.8. The first-order valence-corrected chi connectivity index (χ1v) is 11.9. The van der Waals surface area contributed by atoms with Crippen molar-refractivity contribution in [3.8, 4) is 11.5 Å². The highest BCUT2D eigenvalue weighted by Crippen LogP contribution is 2.21. The van der Waals surface area contributed by atoms with Crippen LogP contribution in [0, 0.1) is 0 Å². The number of carbonyl (C=O) groups excluding carboxylic acids is 2. The molecule has 0 aliphatic carbocycles. The van der Waals surface area contributed by atoms with Crippen molar-refractivity contribution in [2.24, 2.45) is 0 Å². The summed E-state index contributed by atoms with van der Waals surface area (Å²) in [7, 11) is 3.16. The lowest BCUT2D eigenvalue weighted by Crippen LogP contribution is -2.48. The molecule has 2 amide bonds. The molecule has 0 aromatic heterocycles. The van der Waals surface area contributed by atoms with Crippen molar-refractivity contribution in [1.82, 2.24) is 10.2 Å². The predicted octanol–water partition coefficient (Wildman–Crippen LogP) is 3.79. The van der Waals surface area contributed by atoms with Crippen LogP contribution in [0.5, 0.6) is 11.5 Å². The number of methoxy groups -OCH3 is 2. The van der Waals surface area contributed by atoms with E-state index in [1.165, 1.54) is 0 Å². The smallest absolute Gasteiger partial charge is 0.257 e. The highest BCUT2D eigenvalue weighted by atomic mass is 32.1. The molecule has 1 saturated heterocycles. The molecule has 9 heteroatoms. The second kappa shape index (κ2) is 11.5. The van der Waals surface area contributed by atoms with Crippen molar-refractivity contribution in [3.05, 3.63) is 83.9 Å². The first-order valence-electron chi connectivity index (χ1n) is 11.5. The lowest BCUT2D eigenvalue weighted by atomic mass is 10.1. The summed E-state index contributed by atoms with van der Waals surface area (Å²) in [4.78, 5) is 29.3. The number of anilines is 2. The summed E-state index contributed by atoms with van der Waals surface area (Å²) in [6, 6.07) is 21.9. The van der Waals surface area contributed by atoms with Crippen molar-refractivity contribution in [1.29, 1.82) is 0 Å². The van der Waals surface area contributed by atoms with Gasteiger partial charge in [0, 0.05) is 48.7 Å². The number of piperazine rings is 1. The van der Waals surface area contributed by atoms with E-state index in [-0.39, 0.29) is 16.9 Å². The third kappa shape index (κ3) is 6.11. The normalized spacial score (nSPS) is 13.1. The van der Waals surface area contributed by atoms with Gasteiger partial charge in [-0.3, -0.25) is 14.9 Å². The molecule has 1 heterocycles. The van der Waals surface area contributed by atoms with Gasteiger partial charge in [0.1, 0.15) is 11.5 Å². The molecule has 36 heavy (non-hydrogen) atoms. The van der Waals surface area contributed by atoms with Crippen LogP contribution >= 0.6 is 12.2 Å². The van der Waals surface area contributed by atoms with Crippen LogP contribution in [-0.2, 0) is 0 Å². The van der Waals surface area contributed by atoms with E-state index in [0.29, 0.717) is 30.0 Å². The van der Waals surface area contributed by atoms with Crippen molar-refractivity contribution in [3.63, 3.8) is 0 Å². The predicted molar refractivity (Wildman–Crippen MR) is 144 cm³/mol. The second-order valence-electron chi connectivity index (χ2n) is 8.19. The number of benzene rings is 3. The van der Waals surface area contributed by atoms with Gasteiger partial charge in [-0.05, 0) is 78.9 Å². The van der Waals surface area contributed by atoms with Crippen LogP contribution in [0.3, 0.4) is 0 Å². The average molecular weight is 505 g/mol. The third-order valence-electron chi connectivity index (χ3n) is 5.95. The Morgan fingerprint density at radius 1 is 0.806 bits per heavy atom. The fraction of sp³-hybridized carbons (Fsp3) is 0.222. The van der Waals surface area contributed by atoms with Crippen LogP contribution in [0.4, 0.5) is 11.4 Å². The van der Waals surface area contributed by atoms with Gasteiger partial charge in [-0.15, -0.1) is 0 Å². The summed E-state index contributed by atoms with van der Waals surface area (Å²) in [5.74, 6) is 1.05. The molecule has 0 saturated carbocycles. The van der Waals surface area contributed by atoms with E-state index >= 15 is 0 Å². The molecule has 0 radical (unpaired) electrons. The zero-order valence-electron chi connectivity index (χ0n) is 20.2. The molecule has 3 aromatic rings. The molecule has 4 rings (SSSR count). The van der Waals surface area contributed by atoms with Gasteiger partial charge in [0.25, 0.3) is 11.8 Å². The number of rotatable bonds is 6. The number of hydrogen-bond donors (Lipinski definition) is 2. The van der Waals surface area contributed by atoms with Gasteiger partial charge >= 0.3 is 0 Å². The topological polar surface area (TPSA) is 83.1 Å². The summed E-state index contributed by atoms with van der Waals surface area (Å²) in [5.41, 5.74) is 2.94. The van der Waals surface area contributed by atoms with E-state index in [0.717, 1.165) is 30.2 Å². The molecule has 0 bridgehead atoms. The molecule has 0 atom stereocenters. The Hall–Kier alpha value is -4.11. The largest absolute Gasteiger partial charge is 0.497 e. The lowest BCUT2D eigenvalue weighted by Gasteiger charge is -2.36. The Kier molecular flexibility index (Phi) is 8.02. The van der Waals surface area contributed by atoms with Gasteiger partial charge < -0.3 is 24.6 Å². The van der Waals surface area contributed by atoms with Gasteiger partial charge in [-0.25, -0.2) is 0 Å². The number of ether oxygens (including phenoxy) is 2. The summed E-state index contributed by atoms with van der Waals surface area (Å²) >= 11 is 5.29. The molecular formula is C27H28N4O4S. The third-order valence-corrected chi connectivity index (χ3v) is 6.16. The number of carbonyl (C=O) groups is 2. The molecular weight excluding hydrogens is 476 g/mol. The molecule has 2 N–H and O–H groups in total. The zero-order chi connectivity index (χ0) is 25.5. The van der Waals surface area contributed by atoms with Crippen LogP contribution in [0.1, 0.15) is 20.7 Å². The van der Waals surface area contributed by atoms with Crippen LogP contribution in [0.15, 0.2) is 72.8 Å². The van der Waals surface area contributed by atoms with E-state index < -0.39 is 0 Å². The Morgan fingerprint density at radius 3 is 2.11 bits per heavy atom. The van der Waals surface area contributed by atoms with E-state index in [4.69, 9.17) is 21.7 Å². The summed E-state index contributed by atoms with van der Waals surface area (Å²) in [6.45, 7) is 2.77. The SMILES string of the molecule is COc1ccc(C(=O)N2CCN(c3ccc(NC(=S)NC(=O)c4cccc(OC)c4)cc3)CC2)cc1. The summed E-state index contributed by atoms with van der Waals surface area (Å²) < 4.78 is 10.3. The average Bonchev–Trinajstić information content (AvgIpc) is 2.93. The minimum Gasteiger partial charge on any atom is -0.497 e. The van der Waals surface area contributed by atoms with Crippen molar-refractivity contribution in [2.45, 2.75) is 0 Å². The number of thiocarbonyl (C=S) groups is 1. The van der Waals surface area contributed by atoms with Gasteiger partial charge in [0.15, 0.2) is 5.11 Å². The highest BCUT2D eigenvalue weighted by molar-refractivity contribution is 7.80. The van der Waals surface area contributed by atoms with Crippen molar-refractivity contribution >= 4 is 40.5 Å². The summed E-state index contributed by atoms with van der Waals surface area (Å²) in [6.07, 6.45) is 0. The maximum Gasteiger partial charge on any atom is 0.257 e. The Labute approximate surface area is 215 Å². The minimum absolute atomic E-state index is 0.0290. The van der Waals surface area contributed by atoms with Crippen molar-refractivity contribution < 1.29 is 19.1 Å². The van der Waals surface area contributed by atoms with Gasteiger partial charge in [0.05, 0.1) is 14.2 Å². The van der Waals surface area contributed by atoms with Crippen LogP contribution < -0.4 is 25.0 Å². The number of nitrogens with zero attached hydrogens (tertiary/aromatic N) is 2. The summed E-state index contributed by atoms with van der Waals surface area (Å²) in [5, 5.41) is 5.93. The monoisotopic (exact) mass is 504 g/mol. The molecule has 3 aromatic carbocycles. The van der Waals surface area contributed by atoms with Crippen LogP contribution in [0.25, 0.3) is 0 Å². The van der Waals surface area contributed by atoms with Crippen LogP contribution in [0.2, 0.25) is 0 Å². The van der Waals surface area contributed by atoms with E-state index in [2.05, 4.69) is 15.5 Å². The minimum atomic E-state index is -0.315. The van der Waals surface area contributed by atoms with Gasteiger partial charge in [-0.2, -0.15) is 0 Å². The Morgan fingerprint density at radius 2 is 1.47 bits per heavy atom. The van der Waals surface area contributed by atoms with Crippen molar-refractivity contribution in [2.75, 3.05) is 50.6 Å². The first-order chi connectivity index (χ1) is 17.5. The molecule has 8 nitrogen and oxygen atoms in total. The fourth-order valence-corrected chi connectivity index (χ4v) is 4.15. The second-order valence-corrected chi connectivity index (χ2v) is 8.60. The van der Waals surface area contributed by atoms with Gasteiger partial charge in [-0.1, -0.05) is 6.07 Å². The Bertz CT molecular complexity index is 1220. The quantitative estimate of drug-likeness (QED) is 0.494. The van der Waals surface area contributed by atoms with Crippen LogP contribution in [-0.4, -0.2) is 62.2 Å². The zero-order valence-corrected chi connectivity index (χ0v) is 21.0. The highest BCUT2D eigenvalue weighted by Gasteiger charge is 2.22. The molecule has 1 aliphatic rings. The van der Waals surface area contributed by atoms with E-state index in [1.54, 1.807) is 62.8 Å². The maximum atomic E-state index is 12.8. The number of hydrogen-bond acceptors (Lipinski definition) is 6. The first kappa shape index (κ1) is 25.0. The molecule has 1 aliphatic heterocycles.